The van der Waals surface area contributed by atoms with E-state index < -0.39 is 0 Å². The van der Waals surface area contributed by atoms with Gasteiger partial charge in [0, 0.05) is 12.6 Å². The zero-order valence-electron chi connectivity index (χ0n) is 9.95. The second kappa shape index (κ2) is 4.28. The predicted molar refractivity (Wildman–Crippen MR) is 62.3 cm³/mol. The molecule has 2 saturated carbocycles. The topological polar surface area (TPSA) is 41.5 Å². The van der Waals surface area contributed by atoms with Crippen LogP contribution in [0.3, 0.4) is 0 Å². The van der Waals surface area contributed by atoms with Gasteiger partial charge in [-0.2, -0.15) is 0 Å². The fourth-order valence-electron chi connectivity index (χ4n) is 3.48. The second-order valence-electron chi connectivity index (χ2n) is 5.90. The van der Waals surface area contributed by atoms with Crippen LogP contribution >= 0.6 is 0 Å². The monoisotopic (exact) mass is 225 g/mol. The fraction of sp³-hybridized carbons (Fsp3) is 1.00. The van der Waals surface area contributed by atoms with Crippen molar-refractivity contribution in [3.05, 3.63) is 0 Å². The van der Waals surface area contributed by atoms with Crippen molar-refractivity contribution in [1.29, 1.82) is 0 Å². The molecule has 0 amide bonds. The van der Waals surface area contributed by atoms with Crippen molar-refractivity contribution in [2.45, 2.75) is 75.2 Å². The lowest BCUT2D eigenvalue weighted by Gasteiger charge is -2.33. The zero-order chi connectivity index (χ0) is 11.0. The van der Waals surface area contributed by atoms with Crippen molar-refractivity contribution in [3.8, 4) is 0 Å². The van der Waals surface area contributed by atoms with Gasteiger partial charge >= 0.3 is 0 Å². The lowest BCUT2D eigenvalue weighted by Crippen LogP contribution is -2.46. The third-order valence-electron chi connectivity index (χ3n) is 4.60. The normalized spacial score (nSPS) is 41.4. The summed E-state index contributed by atoms with van der Waals surface area (Å²) in [7, 11) is 0. The molecule has 3 rings (SSSR count). The van der Waals surface area contributed by atoms with Crippen LogP contribution in [0.1, 0.15) is 51.4 Å². The highest BCUT2D eigenvalue weighted by atomic mass is 16.5. The molecule has 1 saturated heterocycles. The Morgan fingerprint density at radius 2 is 1.94 bits per heavy atom. The average molecular weight is 225 g/mol. The molecule has 1 atom stereocenters. The summed E-state index contributed by atoms with van der Waals surface area (Å²) >= 11 is 0. The molecule has 1 aliphatic heterocycles. The summed E-state index contributed by atoms with van der Waals surface area (Å²) in [5, 5.41) is 12.7. The lowest BCUT2D eigenvalue weighted by atomic mass is 9.89. The van der Waals surface area contributed by atoms with Crippen molar-refractivity contribution < 1.29 is 9.84 Å². The van der Waals surface area contributed by atoms with E-state index >= 15 is 0 Å². The summed E-state index contributed by atoms with van der Waals surface area (Å²) in [5.41, 5.74) is 0.269. The first kappa shape index (κ1) is 11.0. The van der Waals surface area contributed by atoms with E-state index in [9.17, 15) is 5.11 Å². The van der Waals surface area contributed by atoms with E-state index in [0.29, 0.717) is 12.1 Å². The van der Waals surface area contributed by atoms with Gasteiger partial charge in [-0.25, -0.2) is 0 Å². The maximum Gasteiger partial charge on any atom is 0.0708 e. The van der Waals surface area contributed by atoms with Gasteiger partial charge < -0.3 is 15.2 Å². The molecule has 0 radical (unpaired) electrons. The van der Waals surface area contributed by atoms with Crippen LogP contribution in [0.2, 0.25) is 0 Å². The molecule has 3 nitrogen and oxygen atoms in total. The number of hydrogen-bond acceptors (Lipinski definition) is 3. The number of hydrogen-bond donors (Lipinski definition) is 2. The van der Waals surface area contributed by atoms with Gasteiger partial charge in [0.15, 0.2) is 0 Å². The Morgan fingerprint density at radius 1 is 1.19 bits per heavy atom. The van der Waals surface area contributed by atoms with Gasteiger partial charge in [-0.05, 0) is 38.5 Å². The highest BCUT2D eigenvalue weighted by Crippen LogP contribution is 2.43. The van der Waals surface area contributed by atoms with Gasteiger partial charge in [-0.1, -0.05) is 12.8 Å². The van der Waals surface area contributed by atoms with E-state index in [-0.39, 0.29) is 11.7 Å². The van der Waals surface area contributed by atoms with Crippen molar-refractivity contribution in [1.82, 2.24) is 5.32 Å². The molecule has 0 aromatic heterocycles. The minimum absolute atomic E-state index is 0.0526. The molecule has 1 unspecified atom stereocenters. The Balaban J connectivity index is 1.40. The predicted octanol–water partition coefficient (Wildman–Crippen LogP) is 1.59. The van der Waals surface area contributed by atoms with Gasteiger partial charge in [0.25, 0.3) is 0 Å². The minimum atomic E-state index is -0.0526. The first-order chi connectivity index (χ1) is 7.76. The summed E-state index contributed by atoms with van der Waals surface area (Å²) in [6.07, 6.45) is 10.0. The molecule has 2 N–H and O–H groups in total. The van der Waals surface area contributed by atoms with Gasteiger partial charge in [0.1, 0.15) is 0 Å². The Kier molecular flexibility index (Phi) is 2.94. The average Bonchev–Trinajstić information content (AvgIpc) is 2.83. The Morgan fingerprint density at radius 3 is 2.62 bits per heavy atom. The first-order valence-electron chi connectivity index (χ1n) is 6.85. The zero-order valence-corrected chi connectivity index (χ0v) is 9.95. The maximum atomic E-state index is 9.21. The van der Waals surface area contributed by atoms with Gasteiger partial charge in [-0.3, -0.25) is 0 Å². The van der Waals surface area contributed by atoms with Gasteiger partial charge in [0.2, 0.25) is 0 Å². The first-order valence-corrected chi connectivity index (χ1v) is 6.85. The molecule has 16 heavy (non-hydrogen) atoms. The molecule has 1 spiro atoms. The lowest BCUT2D eigenvalue weighted by molar-refractivity contribution is -0.0389. The molecular weight excluding hydrogens is 202 g/mol. The highest BCUT2D eigenvalue weighted by molar-refractivity contribution is 4.94. The number of aliphatic hydroxyl groups excluding tert-OH is 1. The van der Waals surface area contributed by atoms with Gasteiger partial charge in [-0.15, -0.1) is 0 Å². The summed E-state index contributed by atoms with van der Waals surface area (Å²) in [5.74, 6) is 0. The van der Waals surface area contributed by atoms with E-state index in [1.165, 1.54) is 38.5 Å². The quantitative estimate of drug-likeness (QED) is 0.766. The van der Waals surface area contributed by atoms with Crippen LogP contribution in [-0.4, -0.2) is 35.5 Å². The summed E-state index contributed by atoms with van der Waals surface area (Å²) in [4.78, 5) is 0. The van der Waals surface area contributed by atoms with Crippen molar-refractivity contribution >= 4 is 0 Å². The van der Waals surface area contributed by atoms with Crippen LogP contribution < -0.4 is 5.32 Å². The third kappa shape index (κ3) is 2.13. The Labute approximate surface area is 97.6 Å². The Hall–Kier alpha value is -0.120. The summed E-state index contributed by atoms with van der Waals surface area (Å²) in [6.45, 7) is 0.985. The van der Waals surface area contributed by atoms with E-state index in [4.69, 9.17) is 4.74 Å². The van der Waals surface area contributed by atoms with E-state index in [1.807, 2.05) is 0 Å². The smallest absolute Gasteiger partial charge is 0.0708 e. The molecule has 92 valence electrons. The third-order valence-corrected chi connectivity index (χ3v) is 4.60. The molecule has 0 bridgehead atoms. The van der Waals surface area contributed by atoms with E-state index in [2.05, 4.69) is 5.32 Å². The number of ether oxygens (including phenoxy) is 1. The van der Waals surface area contributed by atoms with Crippen LogP contribution in [0.15, 0.2) is 0 Å². The fourth-order valence-corrected chi connectivity index (χ4v) is 3.48. The maximum absolute atomic E-state index is 9.21. The molecule has 0 aromatic carbocycles. The summed E-state index contributed by atoms with van der Waals surface area (Å²) < 4.78 is 6.23. The molecule has 2 aliphatic carbocycles. The molecule has 3 fully saturated rings. The minimum Gasteiger partial charge on any atom is -0.393 e. The molecule has 1 heterocycles. The van der Waals surface area contributed by atoms with Crippen LogP contribution in [0, 0.1) is 0 Å². The summed E-state index contributed by atoms with van der Waals surface area (Å²) in [6, 6.07) is 0.540. The molecule has 0 aromatic rings. The molecule has 3 aliphatic rings. The van der Waals surface area contributed by atoms with Crippen molar-refractivity contribution in [2.75, 3.05) is 6.54 Å². The number of rotatable bonds is 3. The standard InChI is InChI=1S/C13H23NO2/c15-11-7-10(8-11)14-9-12-3-6-13(16-12)4-1-2-5-13/h10-12,14-15H,1-9H2. The second-order valence-corrected chi connectivity index (χ2v) is 5.90. The van der Waals surface area contributed by atoms with Crippen LogP contribution in [0.25, 0.3) is 0 Å². The molecule has 3 heteroatoms. The number of aliphatic hydroxyl groups is 1. The van der Waals surface area contributed by atoms with Crippen LogP contribution in [0.5, 0.6) is 0 Å². The number of nitrogens with one attached hydrogen (secondary N) is 1. The van der Waals surface area contributed by atoms with Crippen molar-refractivity contribution in [2.24, 2.45) is 0 Å². The van der Waals surface area contributed by atoms with Crippen LogP contribution in [-0.2, 0) is 4.74 Å². The highest BCUT2D eigenvalue weighted by Gasteiger charge is 2.42. The largest absolute Gasteiger partial charge is 0.393 e. The van der Waals surface area contributed by atoms with Crippen LogP contribution in [0.4, 0.5) is 0 Å². The van der Waals surface area contributed by atoms with E-state index in [0.717, 1.165) is 19.4 Å². The molecular formula is C13H23NO2. The SMILES string of the molecule is OC1CC(NCC2CCC3(CCCC3)O2)C1. The van der Waals surface area contributed by atoms with Gasteiger partial charge in [0.05, 0.1) is 17.8 Å². The van der Waals surface area contributed by atoms with Crippen molar-refractivity contribution in [3.63, 3.8) is 0 Å². The van der Waals surface area contributed by atoms with E-state index in [1.54, 1.807) is 0 Å². The Bertz CT molecular complexity index is 244.